The van der Waals surface area contributed by atoms with Crippen LogP contribution in [-0.2, 0) is 0 Å². The predicted molar refractivity (Wildman–Crippen MR) is 83.7 cm³/mol. The molecule has 1 aromatic heterocycles. The summed E-state index contributed by atoms with van der Waals surface area (Å²) in [6, 6.07) is 10.9. The number of aliphatic hydroxyl groups is 1. The number of aryl methyl sites for hydroxylation is 1. The van der Waals surface area contributed by atoms with Crippen LogP contribution in [0.25, 0.3) is 5.69 Å². The molecule has 1 heterocycles. The number of hydrogen-bond acceptors (Lipinski definition) is 5. The maximum Gasteiger partial charge on any atom is 0.247 e. The number of rotatable bonds is 5. The fraction of sp³-hybridized carbons (Fsp3) is 0.188. The van der Waals surface area contributed by atoms with Crippen molar-refractivity contribution in [2.45, 2.75) is 13.0 Å². The molecule has 6 nitrogen and oxygen atoms in total. The highest BCUT2D eigenvalue weighted by Crippen LogP contribution is 2.21. The van der Waals surface area contributed by atoms with Crippen molar-refractivity contribution >= 4 is 5.95 Å². The number of nitrogens with zero attached hydrogens (tertiary/aromatic N) is 4. The molecule has 1 unspecified atom stereocenters. The number of benzene rings is 2. The Hall–Kier alpha value is -2.87. The van der Waals surface area contributed by atoms with Crippen LogP contribution in [0, 0.1) is 18.6 Å². The number of aliphatic hydroxyl groups excluding tert-OH is 1. The van der Waals surface area contributed by atoms with Gasteiger partial charge in [0.1, 0.15) is 17.7 Å². The van der Waals surface area contributed by atoms with Gasteiger partial charge in [0, 0.05) is 6.54 Å². The second kappa shape index (κ2) is 6.71. The molecule has 0 bridgehead atoms. The Balaban J connectivity index is 1.76. The molecule has 0 radical (unpaired) electrons. The Morgan fingerprint density at radius 3 is 2.46 bits per heavy atom. The van der Waals surface area contributed by atoms with E-state index in [0.717, 1.165) is 23.4 Å². The van der Waals surface area contributed by atoms with Crippen LogP contribution in [0.15, 0.2) is 42.5 Å². The van der Waals surface area contributed by atoms with E-state index in [2.05, 4.69) is 20.8 Å². The lowest BCUT2D eigenvalue weighted by Gasteiger charge is -2.14. The van der Waals surface area contributed by atoms with Crippen LogP contribution in [0.1, 0.15) is 17.2 Å². The SMILES string of the molecule is Cc1ccc(-n2nnnc2NCC(O)c2c(F)cccc2F)cc1. The number of anilines is 1. The van der Waals surface area contributed by atoms with Gasteiger partial charge >= 0.3 is 0 Å². The molecule has 0 aliphatic carbocycles. The van der Waals surface area contributed by atoms with E-state index in [9.17, 15) is 13.9 Å². The molecule has 3 aromatic rings. The van der Waals surface area contributed by atoms with E-state index in [1.807, 2.05) is 31.2 Å². The van der Waals surface area contributed by atoms with Crippen molar-refractivity contribution in [2.75, 3.05) is 11.9 Å². The van der Waals surface area contributed by atoms with Gasteiger partial charge in [0.15, 0.2) is 0 Å². The summed E-state index contributed by atoms with van der Waals surface area (Å²) in [7, 11) is 0. The Morgan fingerprint density at radius 1 is 1.12 bits per heavy atom. The third-order valence-electron chi connectivity index (χ3n) is 3.53. The summed E-state index contributed by atoms with van der Waals surface area (Å²) in [5.41, 5.74) is 1.42. The molecule has 0 saturated heterocycles. The molecule has 124 valence electrons. The Kier molecular flexibility index (Phi) is 4.48. The average molecular weight is 331 g/mol. The van der Waals surface area contributed by atoms with Crippen molar-refractivity contribution in [3.8, 4) is 5.69 Å². The van der Waals surface area contributed by atoms with Crippen molar-refractivity contribution in [3.63, 3.8) is 0 Å². The lowest BCUT2D eigenvalue weighted by molar-refractivity contribution is 0.181. The van der Waals surface area contributed by atoms with E-state index in [4.69, 9.17) is 0 Å². The first-order valence-corrected chi connectivity index (χ1v) is 7.27. The van der Waals surface area contributed by atoms with Gasteiger partial charge in [-0.2, -0.15) is 4.68 Å². The average Bonchev–Trinajstić information content (AvgIpc) is 3.02. The fourth-order valence-corrected chi connectivity index (χ4v) is 2.28. The standard InChI is InChI=1S/C16H15F2N5O/c1-10-5-7-11(8-6-10)23-16(20-21-22-23)19-9-14(24)15-12(17)3-2-4-13(15)18/h2-8,14,24H,9H2,1H3,(H,19,20,22). The highest BCUT2D eigenvalue weighted by atomic mass is 19.1. The van der Waals surface area contributed by atoms with Gasteiger partial charge in [0.2, 0.25) is 5.95 Å². The molecule has 0 saturated carbocycles. The third kappa shape index (κ3) is 3.23. The van der Waals surface area contributed by atoms with E-state index in [1.165, 1.54) is 10.7 Å². The quantitative estimate of drug-likeness (QED) is 0.751. The summed E-state index contributed by atoms with van der Waals surface area (Å²) >= 11 is 0. The molecule has 3 rings (SSSR count). The fourth-order valence-electron chi connectivity index (χ4n) is 2.28. The molecule has 0 spiro atoms. The van der Waals surface area contributed by atoms with E-state index in [-0.39, 0.29) is 18.1 Å². The smallest absolute Gasteiger partial charge is 0.247 e. The summed E-state index contributed by atoms with van der Waals surface area (Å²) in [6.07, 6.45) is -1.38. The minimum Gasteiger partial charge on any atom is -0.386 e. The minimum absolute atomic E-state index is 0.149. The van der Waals surface area contributed by atoms with Crippen molar-refractivity contribution in [2.24, 2.45) is 0 Å². The molecule has 2 N–H and O–H groups in total. The maximum absolute atomic E-state index is 13.7. The highest BCUT2D eigenvalue weighted by Gasteiger charge is 2.18. The molecule has 24 heavy (non-hydrogen) atoms. The molecule has 2 aromatic carbocycles. The first kappa shape index (κ1) is 16.0. The number of nitrogens with one attached hydrogen (secondary N) is 1. The molecule has 0 aliphatic rings. The van der Waals surface area contributed by atoms with Gasteiger partial charge in [0.25, 0.3) is 0 Å². The van der Waals surface area contributed by atoms with Crippen molar-refractivity contribution in [1.29, 1.82) is 0 Å². The number of hydrogen-bond donors (Lipinski definition) is 2. The minimum atomic E-state index is -1.38. The summed E-state index contributed by atoms with van der Waals surface area (Å²) < 4.78 is 28.8. The molecular weight excluding hydrogens is 316 g/mol. The largest absolute Gasteiger partial charge is 0.386 e. The van der Waals surface area contributed by atoms with Gasteiger partial charge in [-0.1, -0.05) is 28.9 Å². The summed E-state index contributed by atoms with van der Waals surface area (Å²) in [5.74, 6) is -1.35. The molecule has 1 atom stereocenters. The first-order chi connectivity index (χ1) is 11.6. The van der Waals surface area contributed by atoms with Crippen LogP contribution >= 0.6 is 0 Å². The van der Waals surface area contributed by atoms with Crippen LogP contribution < -0.4 is 5.32 Å². The molecule has 0 fully saturated rings. The second-order valence-corrected chi connectivity index (χ2v) is 5.28. The van der Waals surface area contributed by atoms with Crippen molar-refractivity contribution in [3.05, 3.63) is 65.2 Å². The Bertz CT molecular complexity index is 814. The molecule has 8 heteroatoms. The highest BCUT2D eigenvalue weighted by molar-refractivity contribution is 5.40. The molecule has 0 aliphatic heterocycles. The second-order valence-electron chi connectivity index (χ2n) is 5.28. The Morgan fingerprint density at radius 2 is 1.79 bits per heavy atom. The van der Waals surface area contributed by atoms with E-state index >= 15 is 0 Å². The first-order valence-electron chi connectivity index (χ1n) is 7.27. The van der Waals surface area contributed by atoms with Gasteiger partial charge in [-0.25, -0.2) is 8.78 Å². The van der Waals surface area contributed by atoms with Gasteiger partial charge in [-0.3, -0.25) is 0 Å². The zero-order valence-electron chi connectivity index (χ0n) is 12.8. The van der Waals surface area contributed by atoms with Crippen LogP contribution in [-0.4, -0.2) is 31.9 Å². The predicted octanol–water partition coefficient (Wildman–Crippen LogP) is 2.39. The van der Waals surface area contributed by atoms with E-state index < -0.39 is 17.7 Å². The normalized spacial score (nSPS) is 12.2. The van der Waals surface area contributed by atoms with Gasteiger partial charge in [-0.15, -0.1) is 0 Å². The third-order valence-corrected chi connectivity index (χ3v) is 3.53. The number of halogens is 2. The van der Waals surface area contributed by atoms with Crippen LogP contribution in [0.3, 0.4) is 0 Å². The maximum atomic E-state index is 13.7. The monoisotopic (exact) mass is 331 g/mol. The van der Waals surface area contributed by atoms with Crippen LogP contribution in [0.5, 0.6) is 0 Å². The van der Waals surface area contributed by atoms with E-state index in [0.29, 0.717) is 0 Å². The summed E-state index contributed by atoms with van der Waals surface area (Å²) in [6.45, 7) is 1.81. The molecular formula is C16H15F2N5O. The Labute approximate surface area is 136 Å². The van der Waals surface area contributed by atoms with Gasteiger partial charge in [-0.05, 0) is 41.6 Å². The lowest BCUT2D eigenvalue weighted by atomic mass is 10.1. The lowest BCUT2D eigenvalue weighted by Crippen LogP contribution is -2.17. The topological polar surface area (TPSA) is 75.9 Å². The zero-order valence-corrected chi connectivity index (χ0v) is 12.8. The van der Waals surface area contributed by atoms with Gasteiger partial charge in [0.05, 0.1) is 11.3 Å². The summed E-state index contributed by atoms with van der Waals surface area (Å²) in [5, 5.41) is 24.1. The van der Waals surface area contributed by atoms with Crippen LogP contribution in [0.4, 0.5) is 14.7 Å². The number of aromatic nitrogens is 4. The van der Waals surface area contributed by atoms with E-state index in [1.54, 1.807) is 0 Å². The number of tetrazole rings is 1. The van der Waals surface area contributed by atoms with Crippen LogP contribution in [0.2, 0.25) is 0 Å². The zero-order chi connectivity index (χ0) is 17.1. The summed E-state index contributed by atoms with van der Waals surface area (Å²) in [4.78, 5) is 0. The molecule has 0 amide bonds. The van der Waals surface area contributed by atoms with Crippen molar-refractivity contribution < 1.29 is 13.9 Å². The van der Waals surface area contributed by atoms with Crippen molar-refractivity contribution in [1.82, 2.24) is 20.2 Å². The van der Waals surface area contributed by atoms with Gasteiger partial charge < -0.3 is 10.4 Å².